The summed E-state index contributed by atoms with van der Waals surface area (Å²) in [6, 6.07) is 13.0. The van der Waals surface area contributed by atoms with Crippen LogP contribution in [0.3, 0.4) is 0 Å². The smallest absolute Gasteiger partial charge is 0.341 e. The van der Waals surface area contributed by atoms with Crippen molar-refractivity contribution in [3.63, 3.8) is 0 Å². The summed E-state index contributed by atoms with van der Waals surface area (Å²) in [4.78, 5) is 11.7. The van der Waals surface area contributed by atoms with Gasteiger partial charge < -0.3 is 4.74 Å². The summed E-state index contributed by atoms with van der Waals surface area (Å²) in [5.74, 6) is -1.36. The van der Waals surface area contributed by atoms with Crippen molar-refractivity contribution in [1.29, 1.82) is 0 Å². The van der Waals surface area contributed by atoms with Crippen LogP contribution in [-0.4, -0.2) is 5.97 Å². The van der Waals surface area contributed by atoms with Crippen molar-refractivity contribution in [2.24, 2.45) is 0 Å². The van der Waals surface area contributed by atoms with Crippen LogP contribution in [0.4, 0.5) is 4.39 Å². The van der Waals surface area contributed by atoms with Gasteiger partial charge in [0.25, 0.3) is 0 Å². The lowest BCUT2D eigenvalue weighted by Crippen LogP contribution is -2.07. The first kappa shape index (κ1) is 12.6. The van der Waals surface area contributed by atoms with Crippen LogP contribution in [0, 0.1) is 5.82 Å². The van der Waals surface area contributed by atoms with Crippen molar-refractivity contribution in [1.82, 2.24) is 0 Å². The molecule has 0 bridgehead atoms. The maximum atomic E-state index is 13.4. The zero-order valence-corrected chi connectivity index (χ0v) is 10.2. The van der Waals surface area contributed by atoms with E-state index in [4.69, 9.17) is 16.3 Å². The highest BCUT2D eigenvalue weighted by Gasteiger charge is 2.13. The van der Waals surface area contributed by atoms with Gasteiger partial charge in [0, 0.05) is 5.02 Å². The molecule has 2 aromatic rings. The normalized spacial score (nSPS) is 10.1. The Hall–Kier alpha value is -1.87. The second-order valence-electron chi connectivity index (χ2n) is 3.69. The first-order chi connectivity index (χ1) is 8.66. The van der Waals surface area contributed by atoms with Crippen molar-refractivity contribution in [3.8, 4) is 0 Å². The number of benzene rings is 2. The van der Waals surface area contributed by atoms with E-state index < -0.39 is 11.8 Å². The Morgan fingerprint density at radius 2 is 1.89 bits per heavy atom. The summed E-state index contributed by atoms with van der Waals surface area (Å²) in [5, 5.41) is 0.295. The van der Waals surface area contributed by atoms with E-state index in [0.29, 0.717) is 5.02 Å². The van der Waals surface area contributed by atoms with E-state index in [9.17, 15) is 9.18 Å². The minimum atomic E-state index is -0.723. The first-order valence-electron chi connectivity index (χ1n) is 5.33. The molecular formula is C14H10ClFO2. The molecule has 4 heteroatoms. The van der Waals surface area contributed by atoms with Gasteiger partial charge in [-0.2, -0.15) is 0 Å². The maximum Gasteiger partial charge on any atom is 0.341 e. The molecule has 0 aliphatic heterocycles. The Morgan fingerprint density at radius 3 is 2.61 bits per heavy atom. The van der Waals surface area contributed by atoms with Gasteiger partial charge in [0.1, 0.15) is 12.4 Å². The Kier molecular flexibility index (Phi) is 3.95. The summed E-state index contributed by atoms with van der Waals surface area (Å²) < 4.78 is 18.4. The molecule has 0 saturated carbocycles. The van der Waals surface area contributed by atoms with Gasteiger partial charge in [-0.15, -0.1) is 0 Å². The van der Waals surface area contributed by atoms with E-state index in [2.05, 4.69) is 0 Å². The van der Waals surface area contributed by atoms with Crippen molar-refractivity contribution in [2.45, 2.75) is 6.61 Å². The Balaban J connectivity index is 2.06. The predicted molar refractivity (Wildman–Crippen MR) is 67.0 cm³/mol. The van der Waals surface area contributed by atoms with E-state index in [1.165, 1.54) is 12.1 Å². The largest absolute Gasteiger partial charge is 0.457 e. The van der Waals surface area contributed by atoms with Gasteiger partial charge in [-0.3, -0.25) is 0 Å². The maximum absolute atomic E-state index is 13.4. The molecule has 0 heterocycles. The number of rotatable bonds is 3. The van der Waals surface area contributed by atoms with Crippen LogP contribution in [0.2, 0.25) is 5.02 Å². The summed E-state index contributed by atoms with van der Waals surface area (Å²) >= 11 is 5.70. The second-order valence-corrected chi connectivity index (χ2v) is 4.12. The Bertz CT molecular complexity index is 555. The van der Waals surface area contributed by atoms with Crippen molar-refractivity contribution < 1.29 is 13.9 Å². The van der Waals surface area contributed by atoms with E-state index in [1.54, 1.807) is 0 Å². The number of halogens is 2. The number of ether oxygens (including phenoxy) is 1. The summed E-state index contributed by atoms with van der Waals surface area (Å²) in [6.07, 6.45) is 0. The molecular weight excluding hydrogens is 255 g/mol. The lowest BCUT2D eigenvalue weighted by molar-refractivity contribution is 0.0467. The van der Waals surface area contributed by atoms with E-state index >= 15 is 0 Å². The third-order valence-electron chi connectivity index (χ3n) is 2.36. The second kappa shape index (κ2) is 5.65. The van der Waals surface area contributed by atoms with Crippen LogP contribution >= 0.6 is 11.6 Å². The molecule has 0 amide bonds. The highest BCUT2D eigenvalue weighted by atomic mass is 35.5. The van der Waals surface area contributed by atoms with Gasteiger partial charge >= 0.3 is 5.97 Å². The van der Waals surface area contributed by atoms with Gasteiger partial charge in [0.05, 0.1) is 5.56 Å². The van der Waals surface area contributed by atoms with Gasteiger partial charge in [0.15, 0.2) is 0 Å². The van der Waals surface area contributed by atoms with Gasteiger partial charge in [-0.1, -0.05) is 41.9 Å². The summed E-state index contributed by atoms with van der Waals surface area (Å²) in [5.41, 5.74) is 0.687. The molecule has 0 atom stereocenters. The lowest BCUT2D eigenvalue weighted by Gasteiger charge is -2.06. The zero-order chi connectivity index (χ0) is 13.0. The number of hydrogen-bond donors (Lipinski definition) is 0. The van der Waals surface area contributed by atoms with Crippen molar-refractivity contribution >= 4 is 17.6 Å². The molecule has 92 valence electrons. The number of esters is 1. The summed E-state index contributed by atoms with van der Waals surface area (Å²) in [6.45, 7) is 0.103. The van der Waals surface area contributed by atoms with Gasteiger partial charge in [0.2, 0.25) is 0 Å². The molecule has 18 heavy (non-hydrogen) atoms. The van der Waals surface area contributed by atoms with Gasteiger partial charge in [-0.25, -0.2) is 9.18 Å². The van der Waals surface area contributed by atoms with E-state index in [1.807, 2.05) is 30.3 Å². The molecule has 0 fully saturated rings. The molecule has 0 aromatic heterocycles. The highest BCUT2D eigenvalue weighted by Crippen LogP contribution is 2.16. The van der Waals surface area contributed by atoms with Crippen LogP contribution in [0.1, 0.15) is 15.9 Å². The Morgan fingerprint density at radius 1 is 1.17 bits per heavy atom. The molecule has 0 radical (unpaired) electrons. The van der Waals surface area contributed by atoms with Crippen LogP contribution in [0.25, 0.3) is 0 Å². The van der Waals surface area contributed by atoms with E-state index in [0.717, 1.165) is 11.6 Å². The molecule has 0 N–H and O–H groups in total. The van der Waals surface area contributed by atoms with Crippen LogP contribution in [-0.2, 0) is 11.3 Å². The molecule has 0 spiro atoms. The monoisotopic (exact) mass is 264 g/mol. The number of hydrogen-bond acceptors (Lipinski definition) is 2. The fraction of sp³-hybridized carbons (Fsp3) is 0.0714. The number of carbonyl (C=O) groups excluding carboxylic acids is 1. The molecule has 2 aromatic carbocycles. The predicted octanol–water partition coefficient (Wildman–Crippen LogP) is 3.84. The van der Waals surface area contributed by atoms with E-state index in [-0.39, 0.29) is 12.2 Å². The molecule has 0 aliphatic rings. The number of carbonyl (C=O) groups is 1. The van der Waals surface area contributed by atoms with Crippen molar-refractivity contribution in [3.05, 3.63) is 70.5 Å². The van der Waals surface area contributed by atoms with Crippen LogP contribution in [0.5, 0.6) is 0 Å². The topological polar surface area (TPSA) is 26.3 Å². The van der Waals surface area contributed by atoms with Crippen LogP contribution < -0.4 is 0 Å². The van der Waals surface area contributed by atoms with Crippen molar-refractivity contribution in [2.75, 3.05) is 0 Å². The zero-order valence-electron chi connectivity index (χ0n) is 9.40. The third-order valence-corrected chi connectivity index (χ3v) is 2.60. The Labute approximate surface area is 109 Å². The fourth-order valence-electron chi connectivity index (χ4n) is 1.45. The quantitative estimate of drug-likeness (QED) is 0.788. The fourth-order valence-corrected chi connectivity index (χ4v) is 1.63. The first-order valence-corrected chi connectivity index (χ1v) is 5.71. The SMILES string of the molecule is O=C(OCc1ccccc1)c1cc(Cl)ccc1F. The standard InChI is InChI=1S/C14H10ClFO2/c15-11-6-7-13(16)12(8-11)14(17)18-9-10-4-2-1-3-5-10/h1-8H,9H2. The molecule has 0 saturated heterocycles. The average Bonchev–Trinajstić information content (AvgIpc) is 2.40. The highest BCUT2D eigenvalue weighted by molar-refractivity contribution is 6.30. The average molecular weight is 265 g/mol. The lowest BCUT2D eigenvalue weighted by atomic mass is 10.2. The molecule has 2 nitrogen and oxygen atoms in total. The minimum absolute atomic E-state index is 0.103. The third kappa shape index (κ3) is 3.08. The summed E-state index contributed by atoms with van der Waals surface area (Å²) in [7, 11) is 0. The molecule has 2 rings (SSSR count). The van der Waals surface area contributed by atoms with Gasteiger partial charge in [-0.05, 0) is 23.8 Å². The van der Waals surface area contributed by atoms with Crippen LogP contribution in [0.15, 0.2) is 48.5 Å². The molecule has 0 aliphatic carbocycles. The minimum Gasteiger partial charge on any atom is -0.457 e. The molecule has 0 unspecified atom stereocenters.